The molecule has 0 unspecified atom stereocenters. The summed E-state index contributed by atoms with van der Waals surface area (Å²) in [6, 6.07) is 12.7. The van der Waals surface area contributed by atoms with Crippen LogP contribution in [0.4, 0.5) is 11.4 Å². The number of non-ortho nitro benzene ring substituents is 1. The maximum absolute atomic E-state index is 12.2. The second-order valence-electron chi connectivity index (χ2n) is 5.81. The number of hydrogen-bond acceptors (Lipinski definition) is 3. The van der Waals surface area contributed by atoms with Crippen LogP contribution in [-0.2, 0) is 4.79 Å². The van der Waals surface area contributed by atoms with E-state index in [0.717, 1.165) is 22.0 Å². The number of nitrogens with one attached hydrogen (secondary N) is 1. The summed E-state index contributed by atoms with van der Waals surface area (Å²) in [7, 11) is 0. The summed E-state index contributed by atoms with van der Waals surface area (Å²) in [5, 5.41) is 15.6. The average Bonchev–Trinajstić information content (AvgIpc) is 2.58. The number of benzene rings is 2. The maximum Gasteiger partial charge on any atom is 0.279 e. The van der Waals surface area contributed by atoms with Crippen molar-refractivity contribution in [3.63, 3.8) is 0 Å². The molecule has 0 heterocycles. The molecule has 2 aromatic carbocycles. The summed E-state index contributed by atoms with van der Waals surface area (Å²) in [5.41, 5.74) is 2.39. The topological polar surface area (TPSA) is 88.8 Å². The van der Waals surface area contributed by atoms with Gasteiger partial charge >= 0.3 is 0 Å². The molecular formula is C18H21BrN3O3+. The van der Waals surface area contributed by atoms with E-state index in [1.165, 1.54) is 12.1 Å². The lowest BCUT2D eigenvalue weighted by molar-refractivity contribution is -0.686. The number of amides is 1. The number of quaternary nitrogens is 1. The van der Waals surface area contributed by atoms with Crippen LogP contribution in [0.1, 0.15) is 30.5 Å². The standard InChI is InChI=1S/C18H20BrN3O3/c1-3-16(13-5-7-14(19)8-6-13)20-11-18(23)21-17-10-15(22(24)25)9-4-12(17)2/h4-10,16,20H,3,11H2,1-2H3,(H,21,23)/p+1/t16-/m1/s1. The Bertz CT molecular complexity index is 763. The highest BCUT2D eigenvalue weighted by molar-refractivity contribution is 9.10. The molecule has 0 spiro atoms. The zero-order valence-electron chi connectivity index (χ0n) is 14.2. The van der Waals surface area contributed by atoms with Crippen LogP contribution in [0.5, 0.6) is 0 Å². The van der Waals surface area contributed by atoms with Gasteiger partial charge in [-0.2, -0.15) is 0 Å². The highest BCUT2D eigenvalue weighted by Gasteiger charge is 2.16. The third-order valence-corrected chi connectivity index (χ3v) is 4.56. The molecule has 0 bridgehead atoms. The number of nitro groups is 1. The summed E-state index contributed by atoms with van der Waals surface area (Å²) < 4.78 is 1.02. The number of nitrogens with zero attached hydrogens (tertiary/aromatic N) is 1. The van der Waals surface area contributed by atoms with Crippen molar-refractivity contribution in [1.29, 1.82) is 0 Å². The first-order chi connectivity index (χ1) is 11.9. The van der Waals surface area contributed by atoms with E-state index in [1.807, 2.05) is 29.6 Å². The molecule has 0 aliphatic carbocycles. The van der Waals surface area contributed by atoms with Crippen molar-refractivity contribution in [2.24, 2.45) is 0 Å². The Morgan fingerprint density at radius 3 is 2.56 bits per heavy atom. The fourth-order valence-corrected chi connectivity index (χ4v) is 2.82. The van der Waals surface area contributed by atoms with Crippen LogP contribution in [0.15, 0.2) is 46.9 Å². The third-order valence-electron chi connectivity index (χ3n) is 4.03. The molecule has 25 heavy (non-hydrogen) atoms. The molecule has 6 nitrogen and oxygen atoms in total. The van der Waals surface area contributed by atoms with Crippen LogP contribution in [0.3, 0.4) is 0 Å². The van der Waals surface area contributed by atoms with Gasteiger partial charge < -0.3 is 10.6 Å². The number of aryl methyl sites for hydroxylation is 1. The van der Waals surface area contributed by atoms with E-state index in [2.05, 4.69) is 28.2 Å². The quantitative estimate of drug-likeness (QED) is 0.545. The van der Waals surface area contributed by atoms with Gasteiger partial charge in [0.1, 0.15) is 6.04 Å². The Morgan fingerprint density at radius 1 is 1.28 bits per heavy atom. The number of hydrogen-bond donors (Lipinski definition) is 2. The molecular weight excluding hydrogens is 386 g/mol. The van der Waals surface area contributed by atoms with E-state index in [4.69, 9.17) is 0 Å². The van der Waals surface area contributed by atoms with Gasteiger partial charge in [-0.1, -0.05) is 41.1 Å². The number of rotatable bonds is 7. The normalized spacial score (nSPS) is 11.8. The van der Waals surface area contributed by atoms with Gasteiger partial charge in [0.2, 0.25) is 0 Å². The molecule has 2 aromatic rings. The zero-order valence-corrected chi connectivity index (χ0v) is 15.7. The van der Waals surface area contributed by atoms with E-state index < -0.39 is 4.92 Å². The fraction of sp³-hybridized carbons (Fsp3) is 0.278. The molecule has 0 radical (unpaired) electrons. The second-order valence-corrected chi connectivity index (χ2v) is 6.73. The summed E-state index contributed by atoms with van der Waals surface area (Å²) in [5.74, 6) is -0.181. The Morgan fingerprint density at radius 2 is 1.96 bits per heavy atom. The van der Waals surface area contributed by atoms with E-state index in [0.29, 0.717) is 5.69 Å². The van der Waals surface area contributed by atoms with E-state index >= 15 is 0 Å². The fourth-order valence-electron chi connectivity index (χ4n) is 2.56. The lowest BCUT2D eigenvalue weighted by Gasteiger charge is -2.14. The SMILES string of the molecule is CC[C@@H]([NH2+]CC(=O)Nc1cc([N+](=O)[O-])ccc1C)c1ccc(Br)cc1. The van der Waals surface area contributed by atoms with Crippen molar-refractivity contribution < 1.29 is 15.0 Å². The third kappa shape index (κ3) is 5.37. The van der Waals surface area contributed by atoms with Crippen LogP contribution in [-0.4, -0.2) is 17.4 Å². The van der Waals surface area contributed by atoms with Crippen molar-refractivity contribution in [3.05, 3.63) is 68.2 Å². The summed E-state index contributed by atoms with van der Waals surface area (Å²) >= 11 is 3.42. The minimum atomic E-state index is -0.470. The number of halogens is 1. The Labute approximate surface area is 154 Å². The first-order valence-corrected chi connectivity index (χ1v) is 8.83. The number of nitrogens with two attached hydrogens (primary N) is 1. The van der Waals surface area contributed by atoms with Gasteiger partial charge in [0.05, 0.1) is 10.6 Å². The molecule has 7 heteroatoms. The lowest BCUT2D eigenvalue weighted by Crippen LogP contribution is -2.87. The minimum absolute atomic E-state index is 0.0359. The van der Waals surface area contributed by atoms with Crippen molar-refractivity contribution in [3.8, 4) is 0 Å². The Kier molecular flexibility index (Phi) is 6.66. The van der Waals surface area contributed by atoms with Gasteiger partial charge in [-0.05, 0) is 24.6 Å². The molecule has 0 saturated carbocycles. The van der Waals surface area contributed by atoms with Gasteiger partial charge in [-0.25, -0.2) is 0 Å². The highest BCUT2D eigenvalue weighted by atomic mass is 79.9. The van der Waals surface area contributed by atoms with Crippen molar-refractivity contribution in [2.45, 2.75) is 26.3 Å². The van der Waals surface area contributed by atoms with E-state index in [1.54, 1.807) is 13.0 Å². The monoisotopic (exact) mass is 406 g/mol. The first kappa shape index (κ1) is 19.1. The molecule has 132 valence electrons. The van der Waals surface area contributed by atoms with Crippen LogP contribution in [0.25, 0.3) is 0 Å². The van der Waals surface area contributed by atoms with Crippen molar-refractivity contribution in [2.75, 3.05) is 11.9 Å². The molecule has 0 saturated heterocycles. The van der Waals surface area contributed by atoms with Gasteiger partial charge in [0, 0.05) is 28.6 Å². The molecule has 0 aromatic heterocycles. The predicted octanol–water partition coefficient (Wildman–Crippen LogP) is 3.32. The lowest BCUT2D eigenvalue weighted by atomic mass is 10.0. The molecule has 0 aliphatic rings. The Balaban J connectivity index is 1.99. The maximum atomic E-state index is 12.2. The summed E-state index contributed by atoms with van der Waals surface area (Å²) in [4.78, 5) is 22.6. The summed E-state index contributed by atoms with van der Waals surface area (Å²) in [6.07, 6.45) is 0.894. The van der Waals surface area contributed by atoms with Gasteiger partial charge in [0.25, 0.3) is 11.6 Å². The largest absolute Gasteiger partial charge is 0.332 e. The predicted molar refractivity (Wildman–Crippen MR) is 100 cm³/mol. The smallest absolute Gasteiger partial charge is 0.279 e. The molecule has 1 atom stereocenters. The van der Waals surface area contributed by atoms with Gasteiger partial charge in [0.15, 0.2) is 6.54 Å². The van der Waals surface area contributed by atoms with E-state index in [-0.39, 0.29) is 24.2 Å². The van der Waals surface area contributed by atoms with E-state index in [9.17, 15) is 14.9 Å². The van der Waals surface area contributed by atoms with Crippen molar-refractivity contribution in [1.82, 2.24) is 0 Å². The molecule has 3 N–H and O–H groups in total. The number of carbonyl (C=O) groups excluding carboxylic acids is 1. The van der Waals surface area contributed by atoms with Crippen LogP contribution in [0, 0.1) is 17.0 Å². The van der Waals surface area contributed by atoms with Gasteiger partial charge in [-0.15, -0.1) is 0 Å². The molecule has 2 rings (SSSR count). The number of nitro benzene ring substituents is 1. The first-order valence-electron chi connectivity index (χ1n) is 8.04. The van der Waals surface area contributed by atoms with Crippen LogP contribution >= 0.6 is 15.9 Å². The second kappa shape index (κ2) is 8.73. The van der Waals surface area contributed by atoms with Gasteiger partial charge in [-0.3, -0.25) is 14.9 Å². The van der Waals surface area contributed by atoms with Crippen LogP contribution < -0.4 is 10.6 Å². The zero-order chi connectivity index (χ0) is 18.4. The molecule has 0 aliphatic heterocycles. The average molecular weight is 407 g/mol. The van der Waals surface area contributed by atoms with Crippen LogP contribution in [0.2, 0.25) is 0 Å². The number of anilines is 1. The Hall–Kier alpha value is -2.25. The molecule has 0 fully saturated rings. The van der Waals surface area contributed by atoms with Crippen molar-refractivity contribution >= 4 is 33.2 Å². The molecule has 1 amide bonds. The minimum Gasteiger partial charge on any atom is -0.332 e. The highest BCUT2D eigenvalue weighted by Crippen LogP contribution is 2.21. The summed E-state index contributed by atoms with van der Waals surface area (Å²) in [6.45, 7) is 4.13. The number of carbonyl (C=O) groups is 1.